The molecular formula is C24H24ClN5O2S2. The first-order chi connectivity index (χ1) is 16.6. The van der Waals surface area contributed by atoms with Gasteiger partial charge in [0.15, 0.2) is 5.17 Å². The third kappa shape index (κ3) is 5.11. The number of aromatic nitrogens is 1. The quantitative estimate of drug-likeness (QED) is 0.619. The molecule has 0 radical (unpaired) electrons. The SMILES string of the molecule is O=C1CSC(N2CCSCC2=Cc2cccc(C(=O)N3CCN(c4ncccc4Cl)CC3)c2)=N1. The van der Waals surface area contributed by atoms with Crippen molar-refractivity contribution in [2.45, 2.75) is 0 Å². The largest absolute Gasteiger partial charge is 0.352 e. The van der Waals surface area contributed by atoms with Crippen LogP contribution in [0.3, 0.4) is 0 Å². The lowest BCUT2D eigenvalue weighted by Gasteiger charge is -2.35. The van der Waals surface area contributed by atoms with Gasteiger partial charge in [-0.3, -0.25) is 9.59 Å². The fourth-order valence-corrected chi connectivity index (χ4v) is 6.19. The maximum absolute atomic E-state index is 13.2. The number of anilines is 1. The molecule has 0 unspecified atom stereocenters. The van der Waals surface area contributed by atoms with Gasteiger partial charge in [0.1, 0.15) is 5.82 Å². The third-order valence-corrected chi connectivity index (χ3v) is 8.13. The summed E-state index contributed by atoms with van der Waals surface area (Å²) in [6.45, 7) is 3.45. The highest BCUT2D eigenvalue weighted by Crippen LogP contribution is 2.28. The molecule has 4 heterocycles. The molecule has 34 heavy (non-hydrogen) atoms. The normalized spacial score (nSPS) is 20.1. The average Bonchev–Trinajstić information content (AvgIpc) is 3.30. The van der Waals surface area contributed by atoms with E-state index in [1.165, 1.54) is 11.8 Å². The van der Waals surface area contributed by atoms with Crippen molar-refractivity contribution in [3.05, 3.63) is 64.4 Å². The molecule has 2 fully saturated rings. The molecule has 0 atom stereocenters. The Morgan fingerprint density at radius 3 is 2.68 bits per heavy atom. The summed E-state index contributed by atoms with van der Waals surface area (Å²) in [5.41, 5.74) is 2.77. The van der Waals surface area contributed by atoms with Crippen LogP contribution in [0.1, 0.15) is 15.9 Å². The van der Waals surface area contributed by atoms with Crippen molar-refractivity contribution in [2.24, 2.45) is 4.99 Å². The average molecular weight is 514 g/mol. The Morgan fingerprint density at radius 2 is 1.91 bits per heavy atom. The highest BCUT2D eigenvalue weighted by molar-refractivity contribution is 8.14. The number of pyridine rings is 1. The molecule has 0 bridgehead atoms. The van der Waals surface area contributed by atoms with Crippen LogP contribution >= 0.6 is 35.1 Å². The monoisotopic (exact) mass is 513 g/mol. The zero-order chi connectivity index (χ0) is 23.5. The van der Waals surface area contributed by atoms with Gasteiger partial charge in [-0.1, -0.05) is 35.5 Å². The standard InChI is InChI=1S/C24H24ClN5O2S2/c25-20-5-2-6-26-22(20)28-7-9-29(10-8-28)23(32)18-4-1-3-17(13-18)14-19-15-33-12-11-30(19)24-27-21(31)16-34-24/h1-6,13-14H,7-12,15-16H2. The van der Waals surface area contributed by atoms with E-state index in [1.807, 2.05) is 53.1 Å². The van der Waals surface area contributed by atoms with Gasteiger partial charge >= 0.3 is 0 Å². The van der Waals surface area contributed by atoms with Gasteiger partial charge in [0.2, 0.25) is 0 Å². The van der Waals surface area contributed by atoms with Crippen molar-refractivity contribution >= 4 is 64.0 Å². The van der Waals surface area contributed by atoms with Gasteiger partial charge in [0.05, 0.1) is 10.8 Å². The number of piperazine rings is 1. The van der Waals surface area contributed by atoms with Gasteiger partial charge < -0.3 is 14.7 Å². The number of halogens is 1. The lowest BCUT2D eigenvalue weighted by molar-refractivity contribution is -0.115. The second-order valence-electron chi connectivity index (χ2n) is 8.13. The Morgan fingerprint density at radius 1 is 1.06 bits per heavy atom. The summed E-state index contributed by atoms with van der Waals surface area (Å²) in [4.78, 5) is 39.6. The number of rotatable bonds is 3. The van der Waals surface area contributed by atoms with Gasteiger partial charge in [0.25, 0.3) is 11.8 Å². The summed E-state index contributed by atoms with van der Waals surface area (Å²) in [5.74, 6) is 2.99. The molecule has 7 nitrogen and oxygen atoms in total. The topological polar surface area (TPSA) is 69.1 Å². The van der Waals surface area contributed by atoms with E-state index >= 15 is 0 Å². The number of carbonyl (C=O) groups is 2. The molecule has 10 heteroatoms. The highest BCUT2D eigenvalue weighted by Gasteiger charge is 2.26. The number of thioether (sulfide) groups is 2. The van der Waals surface area contributed by atoms with Gasteiger partial charge in [-0.15, -0.1) is 0 Å². The van der Waals surface area contributed by atoms with Crippen LogP contribution in [-0.2, 0) is 4.79 Å². The maximum Gasteiger partial charge on any atom is 0.258 e. The first-order valence-electron chi connectivity index (χ1n) is 11.1. The molecule has 3 aliphatic heterocycles. The summed E-state index contributed by atoms with van der Waals surface area (Å²) < 4.78 is 0. The van der Waals surface area contributed by atoms with E-state index in [4.69, 9.17) is 11.6 Å². The van der Waals surface area contributed by atoms with Crippen molar-refractivity contribution in [1.29, 1.82) is 0 Å². The van der Waals surface area contributed by atoms with E-state index in [-0.39, 0.29) is 11.8 Å². The smallest absolute Gasteiger partial charge is 0.258 e. The van der Waals surface area contributed by atoms with Gasteiger partial charge in [0, 0.05) is 61.7 Å². The van der Waals surface area contributed by atoms with E-state index in [0.717, 1.165) is 40.3 Å². The zero-order valence-electron chi connectivity index (χ0n) is 18.5. The predicted octanol–water partition coefficient (Wildman–Crippen LogP) is 3.72. The summed E-state index contributed by atoms with van der Waals surface area (Å²) in [6, 6.07) is 11.4. The van der Waals surface area contributed by atoms with E-state index in [9.17, 15) is 9.59 Å². The van der Waals surface area contributed by atoms with E-state index in [1.54, 1.807) is 6.20 Å². The van der Waals surface area contributed by atoms with Crippen LogP contribution in [-0.4, -0.2) is 81.7 Å². The van der Waals surface area contributed by atoms with Crippen molar-refractivity contribution in [3.63, 3.8) is 0 Å². The van der Waals surface area contributed by atoms with Crippen molar-refractivity contribution in [1.82, 2.24) is 14.8 Å². The van der Waals surface area contributed by atoms with Gasteiger partial charge in [-0.2, -0.15) is 16.8 Å². The molecule has 1 aromatic carbocycles. The van der Waals surface area contributed by atoms with Gasteiger partial charge in [-0.25, -0.2) is 4.98 Å². The van der Waals surface area contributed by atoms with Crippen LogP contribution in [0.2, 0.25) is 5.02 Å². The Labute approximate surface area is 212 Å². The molecule has 2 saturated heterocycles. The number of amidine groups is 1. The van der Waals surface area contributed by atoms with Crippen LogP contribution in [0, 0.1) is 0 Å². The Bertz CT molecular complexity index is 1160. The number of aliphatic imine (C=N–C) groups is 1. The van der Waals surface area contributed by atoms with Crippen molar-refractivity contribution in [2.75, 3.05) is 54.9 Å². The lowest BCUT2D eigenvalue weighted by atomic mass is 10.1. The minimum absolute atomic E-state index is 0.0308. The molecule has 176 valence electrons. The second kappa shape index (κ2) is 10.4. The first kappa shape index (κ1) is 23.3. The number of benzene rings is 1. The number of nitrogens with zero attached hydrogens (tertiary/aromatic N) is 5. The number of hydrogen-bond donors (Lipinski definition) is 0. The third-order valence-electron chi connectivity index (χ3n) is 5.90. The number of amides is 2. The molecule has 5 rings (SSSR count). The summed E-state index contributed by atoms with van der Waals surface area (Å²) in [6.07, 6.45) is 3.84. The molecule has 1 aromatic heterocycles. The summed E-state index contributed by atoms with van der Waals surface area (Å²) in [5, 5.41) is 1.42. The minimum atomic E-state index is -0.0735. The van der Waals surface area contributed by atoms with E-state index in [0.29, 0.717) is 42.5 Å². The molecule has 2 amide bonds. The summed E-state index contributed by atoms with van der Waals surface area (Å²) >= 11 is 9.65. The van der Waals surface area contributed by atoms with Crippen molar-refractivity contribution < 1.29 is 9.59 Å². The van der Waals surface area contributed by atoms with E-state index in [2.05, 4.69) is 25.9 Å². The van der Waals surface area contributed by atoms with Gasteiger partial charge in [-0.05, 0) is 35.9 Å². The van der Waals surface area contributed by atoms with Crippen LogP contribution in [0.25, 0.3) is 6.08 Å². The van der Waals surface area contributed by atoms with Crippen LogP contribution in [0.15, 0.2) is 53.3 Å². The maximum atomic E-state index is 13.2. The molecule has 0 spiro atoms. The fraction of sp³-hybridized carbons (Fsp3) is 0.333. The number of carbonyl (C=O) groups excluding carboxylic acids is 2. The minimum Gasteiger partial charge on any atom is -0.352 e. The summed E-state index contributed by atoms with van der Waals surface area (Å²) in [7, 11) is 0. The zero-order valence-corrected chi connectivity index (χ0v) is 20.9. The number of hydrogen-bond acceptors (Lipinski definition) is 7. The van der Waals surface area contributed by atoms with E-state index < -0.39 is 0 Å². The molecule has 0 saturated carbocycles. The first-order valence-corrected chi connectivity index (χ1v) is 13.7. The molecule has 0 N–H and O–H groups in total. The molecule has 3 aliphatic rings. The molecule has 2 aromatic rings. The predicted molar refractivity (Wildman–Crippen MR) is 141 cm³/mol. The molecular weight excluding hydrogens is 490 g/mol. The molecule has 0 aliphatic carbocycles. The second-order valence-corrected chi connectivity index (χ2v) is 10.6. The fourth-order valence-electron chi connectivity index (χ4n) is 4.20. The Balaban J connectivity index is 1.28. The van der Waals surface area contributed by atoms with Crippen LogP contribution in [0.5, 0.6) is 0 Å². The van der Waals surface area contributed by atoms with Crippen LogP contribution in [0.4, 0.5) is 5.82 Å². The lowest BCUT2D eigenvalue weighted by Crippen LogP contribution is -2.49. The Hall–Kier alpha value is -2.49. The van der Waals surface area contributed by atoms with Crippen molar-refractivity contribution in [3.8, 4) is 0 Å². The Kier molecular flexibility index (Phi) is 7.12. The highest BCUT2D eigenvalue weighted by atomic mass is 35.5. The van der Waals surface area contributed by atoms with Crippen LogP contribution < -0.4 is 4.90 Å².